The third-order valence-electron chi connectivity index (χ3n) is 7.47. The summed E-state index contributed by atoms with van der Waals surface area (Å²) < 4.78 is 12.1. The number of fused-ring (bicyclic) bond motifs is 2. The molecule has 0 radical (unpaired) electrons. The molecule has 1 saturated heterocycles. The molecule has 0 aromatic heterocycles. The molecule has 2 aliphatic rings. The molecule has 32 heavy (non-hydrogen) atoms. The first-order valence-electron chi connectivity index (χ1n) is 11.3. The summed E-state index contributed by atoms with van der Waals surface area (Å²) in [6.45, 7) is 10.8. The zero-order chi connectivity index (χ0) is 23.1. The smallest absolute Gasteiger partial charge is 0.264 e. The highest BCUT2D eigenvalue weighted by Gasteiger charge is 2.65. The molecule has 5 heteroatoms. The Balaban J connectivity index is 1.82. The van der Waals surface area contributed by atoms with Gasteiger partial charge in [0.2, 0.25) is 0 Å². The van der Waals surface area contributed by atoms with Gasteiger partial charge in [-0.25, -0.2) is 0 Å². The van der Waals surface area contributed by atoms with E-state index in [2.05, 4.69) is 39.5 Å². The number of aliphatic hydroxyl groups excluding tert-OH is 1. The third-order valence-corrected chi connectivity index (χ3v) is 7.47. The van der Waals surface area contributed by atoms with Crippen molar-refractivity contribution in [3.8, 4) is 5.75 Å². The van der Waals surface area contributed by atoms with Crippen LogP contribution in [0.2, 0.25) is 0 Å². The second kappa shape index (κ2) is 8.38. The van der Waals surface area contributed by atoms with Crippen molar-refractivity contribution in [2.75, 3.05) is 25.2 Å². The van der Waals surface area contributed by atoms with Gasteiger partial charge in [0, 0.05) is 30.6 Å². The Morgan fingerprint density at radius 1 is 1.22 bits per heavy atom. The van der Waals surface area contributed by atoms with Gasteiger partial charge in [0.1, 0.15) is 5.75 Å². The van der Waals surface area contributed by atoms with Gasteiger partial charge in [0.05, 0.1) is 18.9 Å². The number of anilines is 1. The topological polar surface area (TPSA) is 59.0 Å². The fourth-order valence-electron chi connectivity index (χ4n) is 5.98. The lowest BCUT2D eigenvalue weighted by atomic mass is 9.63. The lowest BCUT2D eigenvalue weighted by Crippen LogP contribution is -2.46. The van der Waals surface area contributed by atoms with Crippen LogP contribution in [0.3, 0.4) is 0 Å². The van der Waals surface area contributed by atoms with E-state index in [4.69, 9.17) is 9.47 Å². The van der Waals surface area contributed by atoms with Gasteiger partial charge in [-0.3, -0.25) is 4.79 Å². The molecule has 1 spiro atoms. The maximum absolute atomic E-state index is 13.9. The number of rotatable bonds is 7. The molecule has 2 aromatic rings. The van der Waals surface area contributed by atoms with Crippen LogP contribution < -0.4 is 9.64 Å². The minimum absolute atomic E-state index is 0.00880. The number of para-hydroxylation sites is 1. The Hall–Kier alpha value is -2.63. The van der Waals surface area contributed by atoms with Crippen molar-refractivity contribution in [3.05, 3.63) is 72.3 Å². The number of carbonyl (C=O) groups excluding carboxylic acids is 1. The second-order valence-corrected chi connectivity index (χ2v) is 9.39. The summed E-state index contributed by atoms with van der Waals surface area (Å²) in [4.78, 5) is 15.7. The minimum atomic E-state index is -1.06. The van der Waals surface area contributed by atoms with Gasteiger partial charge >= 0.3 is 0 Å². The van der Waals surface area contributed by atoms with Gasteiger partial charge in [-0.1, -0.05) is 57.2 Å². The lowest BCUT2D eigenvalue weighted by Gasteiger charge is -2.38. The molecule has 0 unspecified atom stereocenters. The van der Waals surface area contributed by atoms with E-state index in [1.165, 1.54) is 0 Å². The summed E-state index contributed by atoms with van der Waals surface area (Å²) in [5.74, 6) is 0.689. The summed E-state index contributed by atoms with van der Waals surface area (Å²) in [6, 6.07) is 16.0. The van der Waals surface area contributed by atoms with E-state index in [1.54, 1.807) is 18.1 Å². The van der Waals surface area contributed by atoms with Crippen LogP contribution in [0.5, 0.6) is 5.75 Å². The first-order chi connectivity index (χ1) is 15.3. The number of hydrogen-bond acceptors (Lipinski definition) is 4. The summed E-state index contributed by atoms with van der Waals surface area (Å²) in [5, 5.41) is 9.86. The molecule has 5 nitrogen and oxygen atoms in total. The van der Waals surface area contributed by atoms with Crippen molar-refractivity contribution in [2.45, 2.75) is 44.3 Å². The highest BCUT2D eigenvalue weighted by atomic mass is 16.5. The summed E-state index contributed by atoms with van der Waals surface area (Å²) in [5.41, 5.74) is 1.59. The number of aliphatic hydroxyl groups is 1. The minimum Gasteiger partial charge on any atom is -0.497 e. The molecule has 1 N–H and O–H groups in total. The van der Waals surface area contributed by atoms with Gasteiger partial charge in [0.15, 0.2) is 5.60 Å². The number of ether oxygens (including phenoxy) is 2. The summed E-state index contributed by atoms with van der Waals surface area (Å²) >= 11 is 0. The Labute approximate surface area is 190 Å². The van der Waals surface area contributed by atoms with Crippen LogP contribution in [0.15, 0.2) is 61.2 Å². The lowest BCUT2D eigenvalue weighted by molar-refractivity contribution is -0.146. The van der Waals surface area contributed by atoms with Gasteiger partial charge in [-0.05, 0) is 35.6 Å². The largest absolute Gasteiger partial charge is 0.497 e. The normalized spacial score (nSPS) is 27.1. The summed E-state index contributed by atoms with van der Waals surface area (Å²) in [7, 11) is 1.66. The van der Waals surface area contributed by atoms with Gasteiger partial charge in [0.25, 0.3) is 5.91 Å². The monoisotopic (exact) mass is 435 g/mol. The van der Waals surface area contributed by atoms with Gasteiger partial charge in [-0.15, -0.1) is 6.58 Å². The van der Waals surface area contributed by atoms with Crippen LogP contribution >= 0.6 is 0 Å². The van der Waals surface area contributed by atoms with Gasteiger partial charge in [-0.2, -0.15) is 0 Å². The number of benzene rings is 2. The Kier molecular flexibility index (Phi) is 5.91. The fraction of sp³-hybridized carbons (Fsp3) is 0.444. The molecule has 170 valence electrons. The van der Waals surface area contributed by atoms with E-state index in [9.17, 15) is 9.90 Å². The average Bonchev–Trinajstić information content (AvgIpc) is 3.22. The van der Waals surface area contributed by atoms with Crippen molar-refractivity contribution >= 4 is 11.6 Å². The highest BCUT2D eigenvalue weighted by Crippen LogP contribution is 2.59. The molecular formula is C27H33NO4. The molecule has 2 aliphatic heterocycles. The molecule has 4 atom stereocenters. The predicted molar refractivity (Wildman–Crippen MR) is 126 cm³/mol. The van der Waals surface area contributed by atoms with E-state index in [1.807, 2.05) is 36.4 Å². The number of nitrogens with zero attached hydrogens (tertiary/aromatic N) is 1. The first kappa shape index (κ1) is 22.6. The van der Waals surface area contributed by atoms with E-state index >= 15 is 0 Å². The number of methoxy groups -OCH3 is 1. The van der Waals surface area contributed by atoms with Crippen LogP contribution in [0.1, 0.15) is 38.3 Å². The first-order valence-corrected chi connectivity index (χ1v) is 11.3. The van der Waals surface area contributed by atoms with Crippen LogP contribution in [0, 0.1) is 11.8 Å². The van der Waals surface area contributed by atoms with Crippen molar-refractivity contribution in [3.63, 3.8) is 0 Å². The second-order valence-electron chi connectivity index (χ2n) is 9.39. The summed E-state index contributed by atoms with van der Waals surface area (Å²) in [6.07, 6.45) is 1.97. The highest BCUT2D eigenvalue weighted by molar-refractivity contribution is 6.07. The Bertz CT molecular complexity index is 999. The molecule has 0 aliphatic carbocycles. The van der Waals surface area contributed by atoms with E-state index in [0.717, 1.165) is 22.6 Å². The molecule has 1 amide bonds. The number of amides is 1. The van der Waals surface area contributed by atoms with E-state index in [-0.39, 0.29) is 35.9 Å². The molecule has 2 aromatic carbocycles. The van der Waals surface area contributed by atoms with Crippen LogP contribution in [0.4, 0.5) is 5.69 Å². The van der Waals surface area contributed by atoms with Crippen molar-refractivity contribution in [2.24, 2.45) is 11.8 Å². The zero-order valence-corrected chi connectivity index (χ0v) is 19.4. The quantitative estimate of drug-likeness (QED) is 0.654. The average molecular weight is 436 g/mol. The van der Waals surface area contributed by atoms with E-state index < -0.39 is 5.60 Å². The maximum Gasteiger partial charge on any atom is 0.264 e. The van der Waals surface area contributed by atoms with Crippen LogP contribution in [-0.2, 0) is 20.5 Å². The zero-order valence-electron chi connectivity index (χ0n) is 19.4. The molecule has 4 rings (SSSR count). The Morgan fingerprint density at radius 2 is 1.91 bits per heavy atom. The molecule has 0 bridgehead atoms. The maximum atomic E-state index is 13.9. The molecule has 2 heterocycles. The molecule has 1 fully saturated rings. The fourth-order valence-corrected chi connectivity index (χ4v) is 5.98. The molecule has 0 saturated carbocycles. The predicted octanol–water partition coefficient (Wildman–Crippen LogP) is 4.43. The Morgan fingerprint density at radius 3 is 2.53 bits per heavy atom. The SMILES string of the molecule is C=CCN1C(=O)[C@]2(O[C@H](CCO)[C@@H](C(C)(C)c3ccc(OC)cc3)[C@@H]2C)c2ccccc21. The van der Waals surface area contributed by atoms with Crippen LogP contribution in [-0.4, -0.2) is 37.4 Å². The molecular weight excluding hydrogens is 402 g/mol. The van der Waals surface area contributed by atoms with Crippen molar-refractivity contribution < 1.29 is 19.4 Å². The number of hydrogen-bond donors (Lipinski definition) is 1. The number of carbonyl (C=O) groups is 1. The van der Waals surface area contributed by atoms with E-state index in [0.29, 0.717) is 13.0 Å². The van der Waals surface area contributed by atoms with Crippen molar-refractivity contribution in [1.29, 1.82) is 0 Å². The van der Waals surface area contributed by atoms with Crippen LogP contribution in [0.25, 0.3) is 0 Å². The van der Waals surface area contributed by atoms with Crippen molar-refractivity contribution in [1.82, 2.24) is 0 Å². The van der Waals surface area contributed by atoms with Gasteiger partial charge < -0.3 is 19.5 Å². The standard InChI is InChI=1S/C27H33NO4/c1-6-16-28-22-10-8-7-9-21(22)27(25(28)30)18(2)24(23(32-27)15-17-29)26(3,4)19-11-13-20(31-5)14-12-19/h6-14,18,23-24,29H,1,15-17H2,2-5H3/t18-,23+,24-,27+/m0/s1. The third kappa shape index (κ3) is 3.18.